The van der Waals surface area contributed by atoms with Gasteiger partial charge in [0, 0.05) is 0 Å². The molecule has 0 heterocycles. The first-order valence-corrected chi connectivity index (χ1v) is 7.15. The van der Waals surface area contributed by atoms with E-state index in [9.17, 15) is 19.5 Å². The van der Waals surface area contributed by atoms with Gasteiger partial charge >= 0.3 is 11.9 Å². The minimum atomic E-state index is -1.17. The summed E-state index contributed by atoms with van der Waals surface area (Å²) in [6.45, 7) is 3.51. The molecule has 6 nitrogen and oxygen atoms in total. The quantitative estimate of drug-likeness (QED) is 0.708. The lowest BCUT2D eigenvalue weighted by Gasteiger charge is -2.20. The molecule has 1 amide bonds. The van der Waals surface area contributed by atoms with Crippen molar-refractivity contribution in [3.63, 3.8) is 0 Å². The first-order valence-electron chi connectivity index (χ1n) is 7.15. The maximum absolute atomic E-state index is 12.0. The second-order valence-electron chi connectivity index (χ2n) is 5.03. The number of carbonyl (C=O) groups excluding carboxylic acids is 2. The van der Waals surface area contributed by atoms with Crippen LogP contribution in [0.2, 0.25) is 0 Å². The van der Waals surface area contributed by atoms with Crippen molar-refractivity contribution < 1.29 is 24.2 Å². The molecule has 1 aromatic carbocycles. The van der Waals surface area contributed by atoms with Crippen molar-refractivity contribution in [1.82, 2.24) is 5.32 Å². The summed E-state index contributed by atoms with van der Waals surface area (Å²) in [7, 11) is 0. The second kappa shape index (κ2) is 8.81. The molecule has 22 heavy (non-hydrogen) atoms. The van der Waals surface area contributed by atoms with Crippen LogP contribution in [0.25, 0.3) is 0 Å². The highest BCUT2D eigenvalue weighted by Crippen LogP contribution is 2.11. The Morgan fingerprint density at radius 2 is 1.86 bits per heavy atom. The number of rotatable bonds is 8. The van der Waals surface area contributed by atoms with Gasteiger partial charge in [-0.15, -0.1) is 0 Å². The molecule has 0 bridgehead atoms. The maximum Gasteiger partial charge on any atom is 0.326 e. The largest absolute Gasteiger partial charge is 0.480 e. The summed E-state index contributed by atoms with van der Waals surface area (Å²) >= 11 is 0. The van der Waals surface area contributed by atoms with E-state index in [2.05, 4.69) is 5.32 Å². The van der Waals surface area contributed by atoms with Crippen LogP contribution in [0.3, 0.4) is 0 Å². The van der Waals surface area contributed by atoms with Gasteiger partial charge in [-0.25, -0.2) is 4.79 Å². The first kappa shape index (κ1) is 17.7. The first-order chi connectivity index (χ1) is 10.4. The number of hydrogen-bond acceptors (Lipinski definition) is 4. The molecular formula is C16H21NO5. The molecule has 0 saturated carbocycles. The van der Waals surface area contributed by atoms with Crippen molar-refractivity contribution in [3.05, 3.63) is 35.9 Å². The fourth-order valence-electron chi connectivity index (χ4n) is 2.05. The molecule has 2 N–H and O–H groups in total. The number of aliphatic carboxylic acids is 1. The second-order valence-corrected chi connectivity index (χ2v) is 5.03. The van der Waals surface area contributed by atoms with Gasteiger partial charge < -0.3 is 15.2 Å². The molecule has 1 rings (SSSR count). The van der Waals surface area contributed by atoms with Gasteiger partial charge in [0.25, 0.3) is 0 Å². The third kappa shape index (κ3) is 5.95. The molecule has 0 aliphatic heterocycles. The number of amides is 1. The fraction of sp³-hybridized carbons (Fsp3) is 0.438. The third-order valence-corrected chi connectivity index (χ3v) is 3.15. The van der Waals surface area contributed by atoms with Crippen LogP contribution < -0.4 is 5.32 Å². The van der Waals surface area contributed by atoms with Crippen molar-refractivity contribution in [2.75, 3.05) is 6.61 Å². The molecule has 0 aliphatic rings. The average molecular weight is 307 g/mol. The van der Waals surface area contributed by atoms with Crippen molar-refractivity contribution in [1.29, 1.82) is 0 Å². The summed E-state index contributed by atoms with van der Waals surface area (Å²) < 4.78 is 4.80. The number of ether oxygens (including phenoxy) is 1. The van der Waals surface area contributed by atoms with E-state index in [1.165, 1.54) is 0 Å². The van der Waals surface area contributed by atoms with Crippen LogP contribution in [0.4, 0.5) is 0 Å². The van der Waals surface area contributed by atoms with Gasteiger partial charge in [0.2, 0.25) is 5.91 Å². The van der Waals surface area contributed by atoms with Gasteiger partial charge in [-0.1, -0.05) is 37.3 Å². The number of carbonyl (C=O) groups is 3. The summed E-state index contributed by atoms with van der Waals surface area (Å²) in [5.74, 6) is -2.60. The lowest BCUT2D eigenvalue weighted by atomic mass is 9.98. The van der Waals surface area contributed by atoms with Gasteiger partial charge in [-0.3, -0.25) is 9.59 Å². The van der Waals surface area contributed by atoms with Crippen molar-refractivity contribution in [3.8, 4) is 0 Å². The van der Waals surface area contributed by atoms with E-state index >= 15 is 0 Å². The Hall–Kier alpha value is -2.37. The van der Waals surface area contributed by atoms with E-state index in [0.717, 1.165) is 5.56 Å². The molecule has 0 aromatic heterocycles. The van der Waals surface area contributed by atoms with Crippen molar-refractivity contribution in [2.45, 2.75) is 32.7 Å². The monoisotopic (exact) mass is 307 g/mol. The number of nitrogens with one attached hydrogen (secondary N) is 1. The van der Waals surface area contributed by atoms with Crippen LogP contribution in [0.5, 0.6) is 0 Å². The molecule has 6 heteroatoms. The Labute approximate surface area is 129 Å². The smallest absolute Gasteiger partial charge is 0.326 e. The van der Waals surface area contributed by atoms with Crippen LogP contribution >= 0.6 is 0 Å². The van der Waals surface area contributed by atoms with Gasteiger partial charge in [0.15, 0.2) is 0 Å². The number of esters is 1. The molecule has 2 atom stereocenters. The lowest BCUT2D eigenvalue weighted by Crippen LogP contribution is -2.46. The van der Waals surface area contributed by atoms with Gasteiger partial charge in [0.1, 0.15) is 6.04 Å². The minimum absolute atomic E-state index is 0.0591. The van der Waals surface area contributed by atoms with Gasteiger partial charge in [-0.05, 0) is 18.4 Å². The van der Waals surface area contributed by atoms with Crippen molar-refractivity contribution in [2.24, 2.45) is 5.92 Å². The summed E-state index contributed by atoms with van der Waals surface area (Å²) in [5, 5.41) is 11.7. The molecule has 0 aliphatic carbocycles. The minimum Gasteiger partial charge on any atom is -0.480 e. The topological polar surface area (TPSA) is 92.7 Å². The molecule has 0 radical (unpaired) electrons. The third-order valence-electron chi connectivity index (χ3n) is 3.15. The van der Waals surface area contributed by atoms with Crippen LogP contribution in [-0.4, -0.2) is 35.6 Å². The van der Waals surface area contributed by atoms with E-state index in [4.69, 9.17) is 4.74 Å². The molecule has 120 valence electrons. The van der Waals surface area contributed by atoms with Gasteiger partial charge in [-0.2, -0.15) is 0 Å². The standard InChI is InChI=1S/C16H21NO5/c1-3-22-14(19)9-11(2)15(16(20)21)17-13(18)10-12-7-5-4-6-8-12/h4-8,11,15H,3,9-10H2,1-2H3,(H,17,18)(H,20,21)/t11-,15-/m1/s1. The zero-order valence-electron chi connectivity index (χ0n) is 12.7. The number of carboxylic acid groups (broad SMARTS) is 1. The Balaban J connectivity index is 2.61. The summed E-state index contributed by atoms with van der Waals surface area (Å²) in [4.78, 5) is 34.7. The number of hydrogen-bond donors (Lipinski definition) is 2. The Kier molecular flexibility index (Phi) is 7.08. The lowest BCUT2D eigenvalue weighted by molar-refractivity contribution is -0.147. The van der Waals surface area contributed by atoms with Crippen LogP contribution in [0, 0.1) is 5.92 Å². The summed E-state index contributed by atoms with van der Waals surface area (Å²) in [5.41, 5.74) is 0.794. The fourth-order valence-corrected chi connectivity index (χ4v) is 2.05. The van der Waals surface area contributed by atoms with E-state index in [-0.39, 0.29) is 19.4 Å². The Morgan fingerprint density at radius 3 is 2.41 bits per heavy atom. The van der Waals surface area contributed by atoms with Gasteiger partial charge in [0.05, 0.1) is 19.4 Å². The molecule has 0 saturated heterocycles. The van der Waals surface area contributed by atoms with Crippen LogP contribution in [0.1, 0.15) is 25.8 Å². The highest BCUT2D eigenvalue weighted by atomic mass is 16.5. The molecule has 0 unspecified atom stereocenters. The van der Waals surface area contributed by atoms with Crippen LogP contribution in [0.15, 0.2) is 30.3 Å². The molecular weight excluding hydrogens is 286 g/mol. The molecule has 1 aromatic rings. The zero-order valence-corrected chi connectivity index (χ0v) is 12.7. The van der Waals surface area contributed by atoms with E-state index in [1.54, 1.807) is 38.1 Å². The number of carboxylic acids is 1. The summed E-state index contributed by atoms with van der Waals surface area (Å²) in [6.07, 6.45) is 0.0349. The Morgan fingerprint density at radius 1 is 1.23 bits per heavy atom. The predicted octanol–water partition coefficient (Wildman–Crippen LogP) is 1.39. The zero-order chi connectivity index (χ0) is 16.5. The Bertz CT molecular complexity index is 515. The number of benzene rings is 1. The SMILES string of the molecule is CCOC(=O)C[C@@H](C)[C@@H](NC(=O)Cc1ccccc1)C(=O)O. The maximum atomic E-state index is 12.0. The van der Waals surface area contributed by atoms with Crippen molar-refractivity contribution >= 4 is 17.8 Å². The predicted molar refractivity (Wildman–Crippen MR) is 80.1 cm³/mol. The average Bonchev–Trinajstić information content (AvgIpc) is 2.45. The van der Waals surface area contributed by atoms with E-state index in [1.807, 2.05) is 6.07 Å². The molecule has 0 spiro atoms. The highest BCUT2D eigenvalue weighted by Gasteiger charge is 2.28. The highest BCUT2D eigenvalue weighted by molar-refractivity contribution is 5.85. The van der Waals surface area contributed by atoms with E-state index < -0.39 is 29.8 Å². The van der Waals surface area contributed by atoms with Crippen LogP contribution in [-0.2, 0) is 25.5 Å². The molecule has 0 fully saturated rings. The summed E-state index contributed by atoms with van der Waals surface area (Å²) in [6, 6.07) is 7.90. The van der Waals surface area contributed by atoms with E-state index in [0.29, 0.717) is 0 Å². The normalized spacial score (nSPS) is 13.0.